The Bertz CT molecular complexity index is 471. The zero-order valence-corrected chi connectivity index (χ0v) is 7.38. The van der Waals surface area contributed by atoms with Crippen molar-refractivity contribution in [1.29, 1.82) is 5.26 Å². The van der Waals surface area contributed by atoms with Gasteiger partial charge in [-0.1, -0.05) is 18.2 Å². The highest BCUT2D eigenvalue weighted by atomic mass is 14.8. The Kier molecular flexibility index (Phi) is 2.20. The molecule has 0 saturated carbocycles. The van der Waals surface area contributed by atoms with Crippen LogP contribution in [0.25, 0.3) is 11.3 Å². The molecule has 0 aliphatic rings. The second kappa shape index (κ2) is 3.67. The van der Waals surface area contributed by atoms with Crippen molar-refractivity contribution >= 4 is 0 Å². The first-order valence-electron chi connectivity index (χ1n) is 4.17. The van der Waals surface area contributed by atoms with Gasteiger partial charge in [-0.15, -0.1) is 0 Å². The van der Waals surface area contributed by atoms with Gasteiger partial charge in [0.05, 0.1) is 23.5 Å². The van der Waals surface area contributed by atoms with Crippen LogP contribution in [0, 0.1) is 11.3 Å². The lowest BCUT2D eigenvalue weighted by Crippen LogP contribution is -1.87. The summed E-state index contributed by atoms with van der Waals surface area (Å²) in [6.45, 7) is 0. The van der Waals surface area contributed by atoms with E-state index in [0.29, 0.717) is 5.56 Å². The molecule has 3 nitrogen and oxygen atoms in total. The van der Waals surface area contributed by atoms with Gasteiger partial charge < -0.3 is 0 Å². The summed E-state index contributed by atoms with van der Waals surface area (Å²) in [7, 11) is 0. The Balaban J connectivity index is 2.58. The number of rotatable bonds is 1. The van der Waals surface area contributed by atoms with E-state index in [2.05, 4.69) is 16.0 Å². The molecular weight excluding hydrogens is 174 g/mol. The molecule has 0 aliphatic heterocycles. The lowest BCUT2D eigenvalue weighted by Gasteiger charge is -2.00. The highest BCUT2D eigenvalue weighted by molar-refractivity contribution is 5.66. The molecule has 2 rings (SSSR count). The van der Waals surface area contributed by atoms with Crippen LogP contribution in [0.3, 0.4) is 0 Å². The molecule has 1 aromatic heterocycles. The van der Waals surface area contributed by atoms with Crippen molar-refractivity contribution in [2.75, 3.05) is 0 Å². The van der Waals surface area contributed by atoms with Gasteiger partial charge in [-0.2, -0.15) is 5.26 Å². The number of aromatic nitrogens is 2. The molecule has 66 valence electrons. The minimum atomic E-state index is 0.619. The Hall–Kier alpha value is -2.21. The molecule has 0 aliphatic carbocycles. The van der Waals surface area contributed by atoms with Gasteiger partial charge in [0.1, 0.15) is 0 Å². The predicted molar refractivity (Wildman–Crippen MR) is 52.2 cm³/mol. The number of hydrogen-bond donors (Lipinski definition) is 0. The summed E-state index contributed by atoms with van der Waals surface area (Å²) >= 11 is 0. The van der Waals surface area contributed by atoms with E-state index in [1.807, 2.05) is 18.2 Å². The summed E-state index contributed by atoms with van der Waals surface area (Å²) in [6.07, 6.45) is 4.87. The van der Waals surface area contributed by atoms with Crippen LogP contribution in [0.15, 0.2) is 42.9 Å². The van der Waals surface area contributed by atoms with E-state index < -0.39 is 0 Å². The third kappa shape index (κ3) is 1.46. The largest absolute Gasteiger partial charge is 0.261 e. The first kappa shape index (κ1) is 8.39. The van der Waals surface area contributed by atoms with Crippen LogP contribution in [0.2, 0.25) is 0 Å². The molecule has 0 N–H and O–H groups in total. The Morgan fingerprint density at radius 2 is 2.00 bits per heavy atom. The van der Waals surface area contributed by atoms with Crippen LogP contribution < -0.4 is 0 Å². The average molecular weight is 181 g/mol. The van der Waals surface area contributed by atoms with E-state index in [0.717, 1.165) is 11.3 Å². The third-order valence-corrected chi connectivity index (χ3v) is 1.89. The van der Waals surface area contributed by atoms with E-state index >= 15 is 0 Å². The fraction of sp³-hybridized carbons (Fsp3) is 0. The minimum absolute atomic E-state index is 0.619. The molecule has 0 fully saturated rings. The van der Waals surface area contributed by atoms with Gasteiger partial charge in [-0.3, -0.25) is 9.97 Å². The molecule has 2 aromatic rings. The molecule has 0 radical (unpaired) electrons. The van der Waals surface area contributed by atoms with Crippen LogP contribution in [-0.2, 0) is 0 Å². The highest BCUT2D eigenvalue weighted by Crippen LogP contribution is 2.19. The van der Waals surface area contributed by atoms with Crippen LogP contribution in [0.1, 0.15) is 5.56 Å². The summed E-state index contributed by atoms with van der Waals surface area (Å²) in [5.74, 6) is 0. The molecule has 0 atom stereocenters. The van der Waals surface area contributed by atoms with Crippen molar-refractivity contribution in [2.45, 2.75) is 0 Å². The fourth-order valence-electron chi connectivity index (χ4n) is 1.24. The normalized spacial score (nSPS) is 9.36. The molecule has 14 heavy (non-hydrogen) atoms. The number of nitriles is 1. The second-order valence-corrected chi connectivity index (χ2v) is 2.75. The maximum atomic E-state index is 8.88. The van der Waals surface area contributed by atoms with E-state index in [9.17, 15) is 0 Å². The SMILES string of the molecule is N#Cc1ccccc1-c1cnccn1. The lowest BCUT2D eigenvalue weighted by molar-refractivity contribution is 1.20. The van der Waals surface area contributed by atoms with E-state index in [-0.39, 0.29) is 0 Å². The van der Waals surface area contributed by atoms with E-state index in [4.69, 9.17) is 5.26 Å². The summed E-state index contributed by atoms with van der Waals surface area (Å²) in [6, 6.07) is 9.47. The zero-order valence-electron chi connectivity index (χ0n) is 7.38. The summed E-state index contributed by atoms with van der Waals surface area (Å²) in [5, 5.41) is 8.88. The standard InChI is InChI=1S/C11H7N3/c12-7-9-3-1-2-4-10(9)11-8-13-5-6-14-11/h1-6,8H. The number of hydrogen-bond acceptors (Lipinski definition) is 3. The Labute approximate surface area is 81.7 Å². The monoisotopic (exact) mass is 181 g/mol. The molecule has 0 bridgehead atoms. The van der Waals surface area contributed by atoms with Gasteiger partial charge in [-0.25, -0.2) is 0 Å². The topological polar surface area (TPSA) is 49.6 Å². The van der Waals surface area contributed by atoms with Gasteiger partial charge in [0, 0.05) is 18.0 Å². The second-order valence-electron chi connectivity index (χ2n) is 2.75. The van der Waals surface area contributed by atoms with E-state index in [1.54, 1.807) is 24.7 Å². The fourth-order valence-corrected chi connectivity index (χ4v) is 1.24. The van der Waals surface area contributed by atoms with Gasteiger partial charge >= 0.3 is 0 Å². The van der Waals surface area contributed by atoms with Crippen LogP contribution in [0.5, 0.6) is 0 Å². The molecule has 1 heterocycles. The summed E-state index contributed by atoms with van der Waals surface area (Å²) < 4.78 is 0. The van der Waals surface area contributed by atoms with Crippen LogP contribution >= 0.6 is 0 Å². The Morgan fingerprint density at radius 1 is 1.14 bits per heavy atom. The quantitative estimate of drug-likeness (QED) is 0.676. The molecule has 0 unspecified atom stereocenters. The number of benzene rings is 1. The van der Waals surface area contributed by atoms with Crippen molar-refractivity contribution in [3.05, 3.63) is 48.4 Å². The highest BCUT2D eigenvalue weighted by Gasteiger charge is 2.03. The molecule has 1 aromatic carbocycles. The van der Waals surface area contributed by atoms with Gasteiger partial charge in [0.2, 0.25) is 0 Å². The Morgan fingerprint density at radius 3 is 2.71 bits per heavy atom. The van der Waals surface area contributed by atoms with Crippen molar-refractivity contribution in [2.24, 2.45) is 0 Å². The van der Waals surface area contributed by atoms with Crippen LogP contribution in [-0.4, -0.2) is 9.97 Å². The van der Waals surface area contributed by atoms with E-state index in [1.165, 1.54) is 0 Å². The van der Waals surface area contributed by atoms with Crippen molar-refractivity contribution in [3.8, 4) is 17.3 Å². The first-order chi connectivity index (χ1) is 6.92. The average Bonchev–Trinajstić information content (AvgIpc) is 2.30. The van der Waals surface area contributed by atoms with Gasteiger partial charge in [0.25, 0.3) is 0 Å². The van der Waals surface area contributed by atoms with Crippen LogP contribution in [0.4, 0.5) is 0 Å². The molecule has 3 heteroatoms. The maximum absolute atomic E-state index is 8.88. The number of nitrogens with zero attached hydrogens (tertiary/aromatic N) is 3. The molecular formula is C11H7N3. The summed E-state index contributed by atoms with van der Waals surface area (Å²) in [4.78, 5) is 8.11. The molecule has 0 saturated heterocycles. The van der Waals surface area contributed by atoms with Gasteiger partial charge in [0.15, 0.2) is 0 Å². The maximum Gasteiger partial charge on any atom is 0.0998 e. The lowest BCUT2D eigenvalue weighted by atomic mass is 10.1. The van der Waals surface area contributed by atoms with Crippen molar-refractivity contribution in [3.63, 3.8) is 0 Å². The molecule has 0 spiro atoms. The third-order valence-electron chi connectivity index (χ3n) is 1.89. The zero-order chi connectivity index (χ0) is 9.80. The smallest absolute Gasteiger partial charge is 0.0998 e. The van der Waals surface area contributed by atoms with Crippen molar-refractivity contribution in [1.82, 2.24) is 9.97 Å². The first-order valence-corrected chi connectivity index (χ1v) is 4.17. The predicted octanol–water partition coefficient (Wildman–Crippen LogP) is 2.02. The molecule has 0 amide bonds. The minimum Gasteiger partial charge on any atom is -0.261 e. The summed E-state index contributed by atoms with van der Waals surface area (Å²) in [5.41, 5.74) is 2.17. The van der Waals surface area contributed by atoms with Gasteiger partial charge in [-0.05, 0) is 6.07 Å². The van der Waals surface area contributed by atoms with Crippen molar-refractivity contribution < 1.29 is 0 Å².